The van der Waals surface area contributed by atoms with Crippen LogP contribution in [-0.4, -0.2) is 41.7 Å². The Kier molecular flexibility index (Phi) is 8.44. The van der Waals surface area contributed by atoms with Crippen LogP contribution in [0.1, 0.15) is 50.8 Å². The van der Waals surface area contributed by atoms with Gasteiger partial charge in [0.2, 0.25) is 11.8 Å². The number of nitrogens with one attached hydrogen (secondary N) is 3. The number of nitrogens with two attached hydrogens (primary N) is 1. The number of amides is 3. The maximum absolute atomic E-state index is 12.7. The number of anilines is 2. The highest BCUT2D eigenvalue weighted by molar-refractivity contribution is 5.98. The zero-order chi connectivity index (χ0) is 23.1. The molecule has 0 spiro atoms. The number of hydrogen-bond donors (Lipinski definition) is 5. The van der Waals surface area contributed by atoms with E-state index in [2.05, 4.69) is 22.5 Å². The van der Waals surface area contributed by atoms with Gasteiger partial charge >= 0.3 is 6.09 Å². The second kappa shape index (κ2) is 10.8. The third kappa shape index (κ3) is 6.21. The summed E-state index contributed by atoms with van der Waals surface area (Å²) in [6.45, 7) is 8.59. The Hall–Kier alpha value is -3.07. The first kappa shape index (κ1) is 24.2. The van der Waals surface area contributed by atoms with Crippen LogP contribution >= 0.6 is 0 Å². The molecule has 0 saturated heterocycles. The van der Waals surface area contributed by atoms with Gasteiger partial charge in [0.1, 0.15) is 18.7 Å². The molecular weight excluding hydrogens is 400 g/mol. The van der Waals surface area contributed by atoms with Crippen LogP contribution in [0.2, 0.25) is 0 Å². The van der Waals surface area contributed by atoms with E-state index in [1.807, 2.05) is 0 Å². The van der Waals surface area contributed by atoms with Crippen molar-refractivity contribution in [1.82, 2.24) is 10.6 Å². The van der Waals surface area contributed by atoms with Crippen molar-refractivity contribution in [2.45, 2.75) is 58.2 Å². The molecule has 1 aliphatic rings. The molecule has 1 aliphatic carbocycles. The van der Waals surface area contributed by atoms with E-state index in [1.54, 1.807) is 32.9 Å². The summed E-state index contributed by atoms with van der Waals surface area (Å²) in [6.07, 6.45) is 2.14. The minimum atomic E-state index is -0.869. The lowest BCUT2D eigenvalue weighted by molar-refractivity contribution is -0.128. The molecule has 6 N–H and O–H groups in total. The van der Waals surface area contributed by atoms with E-state index in [1.165, 1.54) is 6.08 Å². The first-order valence-electron chi connectivity index (χ1n) is 10.4. The molecule has 1 aromatic rings. The average Bonchev–Trinajstić information content (AvgIpc) is 2.72. The molecule has 1 aromatic carbocycles. The number of hydrogen-bond acceptors (Lipinski definition) is 6. The Labute approximate surface area is 182 Å². The van der Waals surface area contributed by atoms with Crippen molar-refractivity contribution in [1.29, 1.82) is 0 Å². The van der Waals surface area contributed by atoms with Gasteiger partial charge in [0.25, 0.3) is 0 Å². The fourth-order valence-corrected chi connectivity index (χ4v) is 3.53. The second-order valence-electron chi connectivity index (χ2n) is 7.98. The van der Waals surface area contributed by atoms with Gasteiger partial charge in [-0.25, -0.2) is 4.79 Å². The molecule has 9 heteroatoms. The van der Waals surface area contributed by atoms with Gasteiger partial charge < -0.3 is 31.5 Å². The molecule has 0 aromatic heterocycles. The van der Waals surface area contributed by atoms with Crippen molar-refractivity contribution in [3.05, 3.63) is 35.9 Å². The number of nitrogen functional groups attached to an aromatic ring is 1. The van der Waals surface area contributed by atoms with Crippen molar-refractivity contribution in [3.8, 4) is 0 Å². The summed E-state index contributed by atoms with van der Waals surface area (Å²) in [7, 11) is 0. The zero-order valence-electron chi connectivity index (χ0n) is 18.2. The Morgan fingerprint density at radius 2 is 1.97 bits per heavy atom. The molecule has 0 radical (unpaired) electrons. The van der Waals surface area contributed by atoms with Gasteiger partial charge in [0, 0.05) is 16.9 Å². The van der Waals surface area contributed by atoms with E-state index < -0.39 is 36.1 Å². The predicted molar refractivity (Wildman–Crippen MR) is 118 cm³/mol. The number of carbonyl (C=O) groups is 3. The fraction of sp³-hybridized carbons (Fsp3) is 0.500. The predicted octanol–water partition coefficient (Wildman–Crippen LogP) is 2.02. The number of aliphatic hydroxyl groups is 1. The van der Waals surface area contributed by atoms with Crippen molar-refractivity contribution in [2.75, 3.05) is 17.7 Å². The van der Waals surface area contributed by atoms with Gasteiger partial charge in [-0.15, -0.1) is 0 Å². The fourth-order valence-electron chi connectivity index (χ4n) is 3.53. The third-order valence-electron chi connectivity index (χ3n) is 5.19. The molecule has 3 amide bonds. The molecule has 3 atom stereocenters. The standard InChI is InChI=1S/C22H32N4O5/c1-5-11-31-22(30)26-19(12(2)3)21(29)24-13(4)20(28)25-16-10-9-15(23)18-14(16)7-6-8-17(18)27/h5,9-10,12-13,17,19,27H,1,6-8,11,23H2,2-4H3,(H,24,29)(H,25,28)(H,26,30)/t13-,17?,19-/m0/s1. The Balaban J connectivity index is 2.05. The van der Waals surface area contributed by atoms with Crippen molar-refractivity contribution in [3.63, 3.8) is 0 Å². The van der Waals surface area contributed by atoms with Crippen LogP contribution in [0, 0.1) is 5.92 Å². The number of carbonyl (C=O) groups excluding carboxylic acids is 3. The molecule has 0 fully saturated rings. The summed E-state index contributed by atoms with van der Waals surface area (Å²) < 4.78 is 4.87. The van der Waals surface area contributed by atoms with Crippen LogP contribution in [0.5, 0.6) is 0 Å². The van der Waals surface area contributed by atoms with Gasteiger partial charge in [-0.05, 0) is 49.8 Å². The Morgan fingerprint density at radius 1 is 1.26 bits per heavy atom. The van der Waals surface area contributed by atoms with Crippen molar-refractivity contribution in [2.24, 2.45) is 5.92 Å². The van der Waals surface area contributed by atoms with Crippen molar-refractivity contribution >= 4 is 29.3 Å². The molecule has 0 saturated carbocycles. The Bertz CT molecular complexity index is 839. The van der Waals surface area contributed by atoms with Gasteiger partial charge in [0.15, 0.2) is 0 Å². The van der Waals surface area contributed by atoms with E-state index in [4.69, 9.17) is 10.5 Å². The minimum absolute atomic E-state index is 0.0255. The van der Waals surface area contributed by atoms with Crippen LogP contribution in [0.25, 0.3) is 0 Å². The molecule has 0 heterocycles. The second-order valence-corrected chi connectivity index (χ2v) is 7.98. The quantitative estimate of drug-likeness (QED) is 0.314. The highest BCUT2D eigenvalue weighted by Crippen LogP contribution is 2.37. The summed E-state index contributed by atoms with van der Waals surface area (Å²) in [4.78, 5) is 37.2. The molecule has 1 unspecified atom stereocenters. The summed E-state index contributed by atoms with van der Waals surface area (Å²) in [6, 6.07) is 1.63. The summed E-state index contributed by atoms with van der Waals surface area (Å²) in [5, 5.41) is 18.2. The average molecular weight is 433 g/mol. The van der Waals surface area contributed by atoms with E-state index in [-0.39, 0.29) is 12.5 Å². The number of ether oxygens (including phenoxy) is 1. The zero-order valence-corrected chi connectivity index (χ0v) is 18.2. The monoisotopic (exact) mass is 432 g/mol. The van der Waals surface area contributed by atoms with Crippen LogP contribution in [0.3, 0.4) is 0 Å². The van der Waals surface area contributed by atoms with E-state index in [0.29, 0.717) is 29.8 Å². The summed E-state index contributed by atoms with van der Waals surface area (Å²) in [5.74, 6) is -1.14. The summed E-state index contributed by atoms with van der Waals surface area (Å²) in [5.41, 5.74) is 8.55. The van der Waals surface area contributed by atoms with Crippen LogP contribution in [0.15, 0.2) is 24.8 Å². The summed E-state index contributed by atoms with van der Waals surface area (Å²) >= 11 is 0. The lowest BCUT2D eigenvalue weighted by atomic mass is 9.87. The molecule has 0 aliphatic heterocycles. The number of aliphatic hydroxyl groups excluding tert-OH is 1. The van der Waals surface area contributed by atoms with Crippen LogP contribution in [-0.2, 0) is 20.7 Å². The SMILES string of the molecule is C=CCOC(=O)N[C@H](C(=O)N[C@@H](C)C(=O)Nc1ccc(N)c2c1CCCC2O)C(C)C. The van der Waals surface area contributed by atoms with Gasteiger partial charge in [-0.2, -0.15) is 0 Å². The van der Waals surface area contributed by atoms with Crippen LogP contribution in [0.4, 0.5) is 16.2 Å². The van der Waals surface area contributed by atoms with Crippen LogP contribution < -0.4 is 21.7 Å². The lowest BCUT2D eigenvalue weighted by Gasteiger charge is -2.26. The normalized spacial score (nSPS) is 17.1. The molecule has 0 bridgehead atoms. The number of alkyl carbamates (subject to hydrolysis) is 1. The molecular formula is C22H32N4O5. The van der Waals surface area contributed by atoms with E-state index in [9.17, 15) is 19.5 Å². The highest BCUT2D eigenvalue weighted by atomic mass is 16.5. The first-order valence-corrected chi connectivity index (χ1v) is 10.4. The molecule has 31 heavy (non-hydrogen) atoms. The molecule has 2 rings (SSSR count). The molecule has 170 valence electrons. The van der Waals surface area contributed by atoms with E-state index >= 15 is 0 Å². The van der Waals surface area contributed by atoms with E-state index in [0.717, 1.165) is 12.0 Å². The number of fused-ring (bicyclic) bond motifs is 1. The lowest BCUT2D eigenvalue weighted by Crippen LogP contribution is -2.53. The topological polar surface area (TPSA) is 143 Å². The van der Waals surface area contributed by atoms with Gasteiger partial charge in [0.05, 0.1) is 6.10 Å². The molecule has 9 nitrogen and oxygen atoms in total. The maximum atomic E-state index is 12.7. The highest BCUT2D eigenvalue weighted by Gasteiger charge is 2.28. The minimum Gasteiger partial charge on any atom is -0.445 e. The number of benzene rings is 1. The van der Waals surface area contributed by atoms with Gasteiger partial charge in [-0.3, -0.25) is 9.59 Å². The first-order chi connectivity index (χ1) is 14.6. The third-order valence-corrected chi connectivity index (χ3v) is 5.19. The van der Waals surface area contributed by atoms with Crippen molar-refractivity contribution < 1.29 is 24.2 Å². The largest absolute Gasteiger partial charge is 0.445 e. The Morgan fingerprint density at radius 3 is 2.61 bits per heavy atom. The number of rotatable bonds is 8. The maximum Gasteiger partial charge on any atom is 0.408 e. The smallest absolute Gasteiger partial charge is 0.408 e. The van der Waals surface area contributed by atoms with Gasteiger partial charge in [-0.1, -0.05) is 26.5 Å².